The summed E-state index contributed by atoms with van der Waals surface area (Å²) in [6, 6.07) is 7.32. The fourth-order valence-corrected chi connectivity index (χ4v) is 1.87. The molecule has 0 radical (unpaired) electrons. The van der Waals surface area contributed by atoms with Gasteiger partial charge in [-0.3, -0.25) is 4.79 Å². The molecule has 5 heteroatoms. The molecule has 0 saturated heterocycles. The van der Waals surface area contributed by atoms with Crippen LogP contribution in [-0.4, -0.2) is 29.7 Å². The van der Waals surface area contributed by atoms with E-state index in [2.05, 4.69) is 5.32 Å². The summed E-state index contributed by atoms with van der Waals surface area (Å²) in [5, 5.41) is 13.2. The fourth-order valence-electron chi connectivity index (χ4n) is 1.87. The molecule has 0 saturated carbocycles. The van der Waals surface area contributed by atoms with Gasteiger partial charge in [-0.05, 0) is 38.5 Å². The van der Waals surface area contributed by atoms with Gasteiger partial charge in [-0.15, -0.1) is 0 Å². The van der Waals surface area contributed by atoms with Gasteiger partial charge in [0.25, 0.3) is 0 Å². The lowest BCUT2D eigenvalue weighted by Crippen LogP contribution is -2.33. The number of rotatable bonds is 8. The Bertz CT molecular complexity index is 435. The number of carbonyl (C=O) groups excluding carboxylic acids is 1. The summed E-state index contributed by atoms with van der Waals surface area (Å²) >= 11 is 0. The number of primary amides is 1. The van der Waals surface area contributed by atoms with Crippen molar-refractivity contribution < 1.29 is 14.6 Å². The number of nitrogens with one attached hydrogen (secondary N) is 1. The minimum atomic E-state index is -0.652. The van der Waals surface area contributed by atoms with Crippen molar-refractivity contribution in [3.05, 3.63) is 29.8 Å². The molecule has 0 bridgehead atoms. The van der Waals surface area contributed by atoms with Gasteiger partial charge in [-0.2, -0.15) is 0 Å². The van der Waals surface area contributed by atoms with E-state index >= 15 is 0 Å². The lowest BCUT2D eigenvalue weighted by Gasteiger charge is -2.17. The van der Waals surface area contributed by atoms with Gasteiger partial charge in [0.2, 0.25) is 5.91 Å². The molecule has 0 aliphatic rings. The molecule has 2 atom stereocenters. The van der Waals surface area contributed by atoms with E-state index in [1.807, 2.05) is 45.0 Å². The van der Waals surface area contributed by atoms with Crippen LogP contribution in [0.15, 0.2) is 24.3 Å². The maximum Gasteiger partial charge on any atom is 0.218 e. The van der Waals surface area contributed by atoms with Crippen molar-refractivity contribution in [2.75, 3.05) is 6.54 Å². The fraction of sp³-hybridized carbons (Fsp3) is 0.533. The molecule has 1 aromatic rings. The number of aliphatic hydroxyl groups is 1. The van der Waals surface area contributed by atoms with E-state index in [1.54, 1.807) is 0 Å². The number of ether oxygens (including phenoxy) is 1. The minimum absolute atomic E-state index is 0.0581. The molecule has 0 heterocycles. The predicted octanol–water partition coefficient (Wildman–Crippen LogP) is 1.36. The van der Waals surface area contributed by atoms with Crippen LogP contribution in [0, 0.1) is 0 Å². The molecule has 112 valence electrons. The third-order valence-electron chi connectivity index (χ3n) is 2.78. The summed E-state index contributed by atoms with van der Waals surface area (Å²) in [5.41, 5.74) is 5.90. The molecule has 20 heavy (non-hydrogen) atoms. The van der Waals surface area contributed by atoms with Crippen molar-refractivity contribution in [3.8, 4) is 5.75 Å². The zero-order valence-electron chi connectivity index (χ0n) is 12.3. The van der Waals surface area contributed by atoms with Crippen LogP contribution in [0.1, 0.15) is 38.9 Å². The van der Waals surface area contributed by atoms with Crippen molar-refractivity contribution in [2.24, 2.45) is 5.73 Å². The van der Waals surface area contributed by atoms with Gasteiger partial charge in [0.1, 0.15) is 5.75 Å². The first-order chi connectivity index (χ1) is 9.38. The number of carbonyl (C=O) groups is 1. The molecule has 5 nitrogen and oxygen atoms in total. The second-order valence-electron chi connectivity index (χ2n) is 5.23. The second-order valence-corrected chi connectivity index (χ2v) is 5.23. The number of nitrogens with two attached hydrogens (primary N) is 1. The van der Waals surface area contributed by atoms with Crippen molar-refractivity contribution in [1.82, 2.24) is 5.32 Å². The third kappa shape index (κ3) is 6.04. The summed E-state index contributed by atoms with van der Waals surface area (Å²) in [6.45, 7) is 6.13. The van der Waals surface area contributed by atoms with E-state index in [0.29, 0.717) is 6.54 Å². The minimum Gasteiger partial charge on any atom is -0.491 e. The zero-order chi connectivity index (χ0) is 15.1. The molecule has 0 aliphatic heterocycles. The summed E-state index contributed by atoms with van der Waals surface area (Å²) in [5.74, 6) is 0.383. The van der Waals surface area contributed by atoms with Crippen molar-refractivity contribution >= 4 is 5.91 Å². The molecule has 1 aromatic carbocycles. The molecule has 1 rings (SSSR count). The van der Waals surface area contributed by atoms with Crippen LogP contribution in [0.5, 0.6) is 5.75 Å². The standard InChI is InChI=1S/C15H24N2O3/c1-10(2)20-13-6-4-5-12(8-13)14(18)9-17-11(3)7-15(16)19/h4-6,8,10-11,14,17-18H,7,9H2,1-3H3,(H2,16,19). The van der Waals surface area contributed by atoms with Crippen LogP contribution in [0.25, 0.3) is 0 Å². The van der Waals surface area contributed by atoms with E-state index in [4.69, 9.17) is 10.5 Å². The Kier molecular flexibility index (Phi) is 6.48. The highest BCUT2D eigenvalue weighted by molar-refractivity contribution is 5.74. The first-order valence-electron chi connectivity index (χ1n) is 6.85. The molecular weight excluding hydrogens is 256 g/mol. The Morgan fingerprint density at radius 2 is 2.10 bits per heavy atom. The van der Waals surface area contributed by atoms with Crippen LogP contribution < -0.4 is 15.8 Å². The van der Waals surface area contributed by atoms with Gasteiger partial charge in [-0.25, -0.2) is 0 Å². The first kappa shape index (κ1) is 16.5. The van der Waals surface area contributed by atoms with Crippen molar-refractivity contribution in [3.63, 3.8) is 0 Å². The first-order valence-corrected chi connectivity index (χ1v) is 6.85. The number of benzene rings is 1. The highest BCUT2D eigenvalue weighted by atomic mass is 16.5. The molecule has 0 aliphatic carbocycles. The molecule has 0 fully saturated rings. The van der Waals surface area contributed by atoms with E-state index < -0.39 is 6.10 Å². The summed E-state index contributed by atoms with van der Waals surface area (Å²) in [6.07, 6.45) is -0.305. The second kappa shape index (κ2) is 7.87. The van der Waals surface area contributed by atoms with Crippen molar-refractivity contribution in [2.45, 2.75) is 45.4 Å². The Balaban J connectivity index is 2.54. The van der Waals surface area contributed by atoms with Crippen LogP contribution >= 0.6 is 0 Å². The van der Waals surface area contributed by atoms with E-state index in [-0.39, 0.29) is 24.5 Å². The van der Waals surface area contributed by atoms with E-state index in [9.17, 15) is 9.90 Å². The van der Waals surface area contributed by atoms with Gasteiger partial charge in [0, 0.05) is 19.0 Å². The van der Waals surface area contributed by atoms with Gasteiger partial charge < -0.3 is 20.9 Å². The Labute approximate surface area is 120 Å². The van der Waals surface area contributed by atoms with Gasteiger partial charge in [0.15, 0.2) is 0 Å². The summed E-state index contributed by atoms with van der Waals surface area (Å²) in [7, 11) is 0. The Morgan fingerprint density at radius 3 is 2.70 bits per heavy atom. The predicted molar refractivity (Wildman–Crippen MR) is 78.4 cm³/mol. The van der Waals surface area contributed by atoms with Gasteiger partial charge in [-0.1, -0.05) is 12.1 Å². The molecule has 4 N–H and O–H groups in total. The zero-order valence-corrected chi connectivity index (χ0v) is 12.3. The van der Waals surface area contributed by atoms with Crippen LogP contribution in [0.4, 0.5) is 0 Å². The maximum atomic E-state index is 10.8. The van der Waals surface area contributed by atoms with Crippen molar-refractivity contribution in [1.29, 1.82) is 0 Å². The van der Waals surface area contributed by atoms with Gasteiger partial charge in [0.05, 0.1) is 12.2 Å². The number of hydrogen-bond acceptors (Lipinski definition) is 4. The molecule has 1 amide bonds. The lowest BCUT2D eigenvalue weighted by atomic mass is 10.1. The highest BCUT2D eigenvalue weighted by Crippen LogP contribution is 2.20. The maximum absolute atomic E-state index is 10.8. The number of hydrogen-bond donors (Lipinski definition) is 3. The molecule has 2 unspecified atom stereocenters. The van der Waals surface area contributed by atoms with Crippen LogP contribution in [-0.2, 0) is 4.79 Å². The smallest absolute Gasteiger partial charge is 0.218 e. The van der Waals surface area contributed by atoms with Crippen LogP contribution in [0.3, 0.4) is 0 Å². The third-order valence-corrected chi connectivity index (χ3v) is 2.78. The average molecular weight is 280 g/mol. The summed E-state index contributed by atoms with van der Waals surface area (Å²) < 4.78 is 5.59. The lowest BCUT2D eigenvalue weighted by molar-refractivity contribution is -0.118. The summed E-state index contributed by atoms with van der Waals surface area (Å²) in [4.78, 5) is 10.8. The van der Waals surface area contributed by atoms with Crippen LogP contribution in [0.2, 0.25) is 0 Å². The normalized spacial score (nSPS) is 14.1. The Hall–Kier alpha value is -1.59. The van der Waals surface area contributed by atoms with Gasteiger partial charge >= 0.3 is 0 Å². The molecule has 0 aromatic heterocycles. The molecular formula is C15H24N2O3. The number of amides is 1. The molecule has 0 spiro atoms. The highest BCUT2D eigenvalue weighted by Gasteiger charge is 2.12. The topological polar surface area (TPSA) is 84.6 Å². The van der Waals surface area contributed by atoms with E-state index in [0.717, 1.165) is 11.3 Å². The largest absolute Gasteiger partial charge is 0.491 e. The monoisotopic (exact) mass is 280 g/mol. The quantitative estimate of drug-likeness (QED) is 0.671. The number of aliphatic hydroxyl groups excluding tert-OH is 1. The SMILES string of the molecule is CC(CC(N)=O)NCC(O)c1cccc(OC(C)C)c1. The van der Waals surface area contributed by atoms with E-state index in [1.165, 1.54) is 0 Å². The average Bonchev–Trinajstić information content (AvgIpc) is 2.34. The Morgan fingerprint density at radius 1 is 1.40 bits per heavy atom.